The molecule has 3 aliphatic rings. The summed E-state index contributed by atoms with van der Waals surface area (Å²) in [5.74, 6) is -7.32. The number of ether oxygens (including phenoxy) is 5. The van der Waals surface area contributed by atoms with Gasteiger partial charge in [-0.3, -0.25) is 14.6 Å². The van der Waals surface area contributed by atoms with Crippen LogP contribution in [0.25, 0.3) is 10.7 Å². The molecule has 60 heavy (non-hydrogen) atoms. The van der Waals surface area contributed by atoms with Crippen molar-refractivity contribution in [2.45, 2.75) is 136 Å². The molecule has 18 heteroatoms. The van der Waals surface area contributed by atoms with Crippen LogP contribution in [0.2, 0.25) is 0 Å². The van der Waals surface area contributed by atoms with Crippen LogP contribution in [0.5, 0.6) is 0 Å². The minimum atomic E-state index is -1.57. The number of carbonyl (C=O) groups is 3. The van der Waals surface area contributed by atoms with E-state index >= 15 is 0 Å². The molecule has 14 atom stereocenters. The molecule has 5 heterocycles. The number of cyclic esters (lactones) is 1. The van der Waals surface area contributed by atoms with E-state index < -0.39 is 83.4 Å². The third-order valence-electron chi connectivity index (χ3n) is 12.5. The van der Waals surface area contributed by atoms with Crippen LogP contribution >= 0.6 is 11.3 Å². The molecule has 0 radical (unpaired) electrons. The van der Waals surface area contributed by atoms with E-state index in [0.29, 0.717) is 22.1 Å². The van der Waals surface area contributed by atoms with Crippen molar-refractivity contribution in [1.82, 2.24) is 20.1 Å². The number of amidine groups is 1. The largest absolute Gasteiger partial charge is 0.511 e. The molecule has 0 bridgehead atoms. The first-order chi connectivity index (χ1) is 28.2. The lowest BCUT2D eigenvalue weighted by Gasteiger charge is -2.47. The summed E-state index contributed by atoms with van der Waals surface area (Å²) in [6.45, 7) is 15.3. The number of hydrogen-bond acceptors (Lipinski definition) is 17. The molecule has 2 aromatic heterocycles. The number of rotatable bonds is 10. The number of hydrogen-bond donors (Lipinski definition) is 3. The van der Waals surface area contributed by atoms with Gasteiger partial charge in [0.05, 0.1) is 23.4 Å². The Hall–Kier alpha value is -4.07. The molecule has 0 amide bonds. The number of methoxy groups -OCH3 is 1. The van der Waals surface area contributed by atoms with Crippen molar-refractivity contribution in [3.63, 3.8) is 0 Å². The van der Waals surface area contributed by atoms with Crippen LogP contribution in [0.1, 0.15) is 92.7 Å². The summed E-state index contributed by atoms with van der Waals surface area (Å²) in [5.41, 5.74) is 4.26. The number of likely N-dealkylation sites (N-methyl/N-ethyl adjacent to an activating group) is 1. The Morgan fingerprint density at radius 2 is 1.83 bits per heavy atom. The van der Waals surface area contributed by atoms with Gasteiger partial charge in [-0.05, 0) is 80.1 Å². The first-order valence-electron chi connectivity index (χ1n) is 20.5. The summed E-state index contributed by atoms with van der Waals surface area (Å²) in [7, 11) is 5.19. The number of nitrogens with two attached hydrogens (primary N) is 1. The fraction of sp³-hybridized carbons (Fsp3) is 0.690. The van der Waals surface area contributed by atoms with Crippen LogP contribution in [0, 0.1) is 29.6 Å². The number of aliphatic hydroxyl groups is 2. The Morgan fingerprint density at radius 3 is 2.45 bits per heavy atom. The average molecular weight is 859 g/mol. The second-order valence-electron chi connectivity index (χ2n) is 17.1. The van der Waals surface area contributed by atoms with E-state index in [0.717, 1.165) is 0 Å². The lowest BCUT2D eigenvalue weighted by atomic mass is 9.67. The standard InChI is InChI=1S/C42H62N6O11S/c1-13-28-42(9)30(29(39(53)58-42)35(43)47-59-25(7)36-45-46-37(60-36)26-16-14-15-17-44-26)22(4)31(49)20(2)19-41(8,54-12)34(23(5)32(50)24(6)38(52)56-28)57-40-33(51)27(48(10)11)18-21(3)55-40/h14-17,20-23,25,27-30,33-34,40,50-51H,13,18-19H2,1-12H3,(H2,43,47)/b32-24+/t20-,21-,22-,23+,25+,27+,28+,29-,30+,33-,34-,40+,41-,42-/m1/s1. The van der Waals surface area contributed by atoms with Gasteiger partial charge in [0.25, 0.3) is 0 Å². The zero-order chi connectivity index (χ0) is 44.4. The monoisotopic (exact) mass is 858 g/mol. The first-order valence-corrected chi connectivity index (χ1v) is 21.3. The molecule has 2 saturated heterocycles. The maximum Gasteiger partial charge on any atom is 0.337 e. The summed E-state index contributed by atoms with van der Waals surface area (Å²) in [6.07, 6.45) is -2.90. The molecule has 2 aromatic rings. The highest BCUT2D eigenvalue weighted by Gasteiger charge is 2.62. The molecular formula is C42H62N6O11S. The van der Waals surface area contributed by atoms with Crippen molar-refractivity contribution in [2.75, 3.05) is 21.2 Å². The van der Waals surface area contributed by atoms with Gasteiger partial charge < -0.3 is 49.4 Å². The van der Waals surface area contributed by atoms with Crippen molar-refractivity contribution < 1.29 is 53.1 Å². The van der Waals surface area contributed by atoms with Crippen LogP contribution in [0.3, 0.4) is 0 Å². The number of pyridine rings is 1. The van der Waals surface area contributed by atoms with E-state index in [2.05, 4.69) is 20.3 Å². The number of Topliss-reactive ketones (excluding diaryl/α,β-unsaturated/α-hetero) is 1. The smallest absolute Gasteiger partial charge is 0.337 e. The topological polar surface area (TPSA) is 227 Å². The molecule has 0 aliphatic carbocycles. The molecule has 0 unspecified atom stereocenters. The van der Waals surface area contributed by atoms with Crippen LogP contribution in [0.15, 0.2) is 40.9 Å². The van der Waals surface area contributed by atoms with Gasteiger partial charge in [0.2, 0.25) is 0 Å². The summed E-state index contributed by atoms with van der Waals surface area (Å²) in [5, 5.41) is 37.0. The van der Waals surface area contributed by atoms with Crippen molar-refractivity contribution >= 4 is 34.9 Å². The molecular weight excluding hydrogens is 797 g/mol. The first kappa shape index (κ1) is 47.0. The van der Waals surface area contributed by atoms with E-state index in [9.17, 15) is 24.6 Å². The van der Waals surface area contributed by atoms with Crippen molar-refractivity contribution in [2.24, 2.45) is 40.5 Å². The number of oxime groups is 1. The fourth-order valence-corrected chi connectivity index (χ4v) is 9.88. The molecule has 17 nitrogen and oxygen atoms in total. The molecule has 3 aliphatic heterocycles. The highest BCUT2D eigenvalue weighted by molar-refractivity contribution is 7.14. The number of carbonyl (C=O) groups excluding carboxylic acids is 3. The summed E-state index contributed by atoms with van der Waals surface area (Å²) in [4.78, 5) is 54.8. The highest BCUT2D eigenvalue weighted by Crippen LogP contribution is 2.48. The SMILES string of the molecule is CC[C@@H]1OC(=O)/C(C)=C(/O)[C@H](C)[C@@H](O[C@@H]2O[C@H](C)C[C@H](N(C)C)[C@H]2O)[C@](C)(OC)C[C@@H](C)C(=O)[C@H](C)[C@H]2[C@H](/C(N)=N/O[C@@H](C)c3nnc(-c4ccccn4)s3)C(=O)O[C@@]21C. The molecule has 0 aromatic carbocycles. The number of aromatic nitrogens is 3. The Kier molecular flexibility index (Phi) is 14.8. The predicted molar refractivity (Wildman–Crippen MR) is 221 cm³/mol. The quantitative estimate of drug-likeness (QED) is 0.127. The van der Waals surface area contributed by atoms with E-state index in [-0.39, 0.29) is 47.9 Å². The van der Waals surface area contributed by atoms with E-state index in [1.54, 1.807) is 60.7 Å². The summed E-state index contributed by atoms with van der Waals surface area (Å²) >= 11 is 1.26. The van der Waals surface area contributed by atoms with Gasteiger partial charge in [0, 0.05) is 43.0 Å². The third-order valence-corrected chi connectivity index (χ3v) is 13.7. The van der Waals surface area contributed by atoms with Gasteiger partial charge in [-0.25, -0.2) is 4.79 Å². The van der Waals surface area contributed by atoms with Crippen LogP contribution in [0.4, 0.5) is 0 Å². The van der Waals surface area contributed by atoms with Crippen LogP contribution in [-0.4, -0.2) is 123 Å². The highest BCUT2D eigenvalue weighted by atomic mass is 32.1. The minimum absolute atomic E-state index is 0.0700. The number of fused-ring (bicyclic) bond motifs is 1. The number of ketones is 1. The maximum atomic E-state index is 14.8. The number of esters is 2. The Morgan fingerprint density at radius 1 is 1.13 bits per heavy atom. The van der Waals surface area contributed by atoms with Crippen molar-refractivity contribution in [3.8, 4) is 10.7 Å². The van der Waals surface area contributed by atoms with Crippen LogP contribution in [-0.2, 0) is 42.9 Å². The number of aliphatic hydroxyl groups excluding tert-OH is 2. The summed E-state index contributed by atoms with van der Waals surface area (Å²) in [6, 6.07) is 5.15. The zero-order valence-electron chi connectivity index (χ0n) is 36.6. The molecule has 2 fully saturated rings. The maximum absolute atomic E-state index is 14.8. The third kappa shape index (κ3) is 9.38. The fourth-order valence-electron chi connectivity index (χ4n) is 9.08. The van der Waals surface area contributed by atoms with E-state index in [1.807, 2.05) is 38.1 Å². The van der Waals surface area contributed by atoms with Crippen LogP contribution < -0.4 is 5.73 Å². The lowest BCUT2D eigenvalue weighted by molar-refractivity contribution is -0.296. The molecule has 332 valence electrons. The molecule has 4 N–H and O–H groups in total. The predicted octanol–water partition coefficient (Wildman–Crippen LogP) is 4.75. The zero-order valence-corrected chi connectivity index (χ0v) is 37.5. The average Bonchev–Trinajstić information content (AvgIpc) is 3.83. The second kappa shape index (κ2) is 18.9. The minimum Gasteiger partial charge on any atom is -0.511 e. The normalized spacial score (nSPS) is 37.9. The Bertz CT molecular complexity index is 1910. The molecule has 0 spiro atoms. The van der Waals surface area contributed by atoms with Gasteiger partial charge >= 0.3 is 11.9 Å². The van der Waals surface area contributed by atoms with Gasteiger partial charge in [-0.1, -0.05) is 50.3 Å². The number of nitrogens with zero attached hydrogens (tertiary/aromatic N) is 5. The summed E-state index contributed by atoms with van der Waals surface area (Å²) < 4.78 is 31.1. The van der Waals surface area contributed by atoms with Crippen molar-refractivity contribution in [3.05, 3.63) is 40.7 Å². The second-order valence-corrected chi connectivity index (χ2v) is 18.1. The Balaban J connectivity index is 1.52. The van der Waals surface area contributed by atoms with E-state index in [1.165, 1.54) is 25.4 Å². The van der Waals surface area contributed by atoms with Gasteiger partial charge in [-0.2, -0.15) is 0 Å². The van der Waals surface area contributed by atoms with Gasteiger partial charge in [0.1, 0.15) is 35.4 Å². The van der Waals surface area contributed by atoms with Crippen molar-refractivity contribution in [1.29, 1.82) is 0 Å². The molecule has 5 rings (SSSR count). The van der Waals surface area contributed by atoms with Gasteiger partial charge in [-0.15, -0.1) is 10.2 Å². The lowest BCUT2D eigenvalue weighted by Crippen LogP contribution is -2.58. The Labute approximate surface area is 356 Å². The van der Waals surface area contributed by atoms with Gasteiger partial charge in [0.15, 0.2) is 33.8 Å². The molecule has 0 saturated carbocycles. The van der Waals surface area contributed by atoms with E-state index in [4.69, 9.17) is 34.3 Å².